The van der Waals surface area contributed by atoms with E-state index in [1.165, 1.54) is 6.07 Å². The first-order valence-corrected chi connectivity index (χ1v) is 7.76. The van der Waals surface area contributed by atoms with Gasteiger partial charge in [-0.15, -0.1) is 5.10 Å². The van der Waals surface area contributed by atoms with Crippen LogP contribution < -0.4 is 5.56 Å². The summed E-state index contributed by atoms with van der Waals surface area (Å²) in [5.41, 5.74) is -3.55. The minimum absolute atomic E-state index is 0.181. The van der Waals surface area contributed by atoms with Gasteiger partial charge in [0.25, 0.3) is 5.56 Å². The molecule has 0 atom stereocenters. The van der Waals surface area contributed by atoms with Crippen LogP contribution in [0.1, 0.15) is 17.0 Å². The van der Waals surface area contributed by atoms with Crippen molar-refractivity contribution in [1.29, 1.82) is 0 Å². The average Bonchev–Trinajstić information content (AvgIpc) is 3.03. The van der Waals surface area contributed by atoms with E-state index in [9.17, 15) is 31.1 Å². The Morgan fingerprint density at radius 2 is 1.71 bits per heavy atom. The van der Waals surface area contributed by atoms with Crippen LogP contribution in [-0.2, 0) is 18.9 Å². The zero-order chi connectivity index (χ0) is 20.7. The molecular weight excluding hydrogens is 416 g/mol. The van der Waals surface area contributed by atoms with Gasteiger partial charge >= 0.3 is 12.4 Å². The van der Waals surface area contributed by atoms with Crippen molar-refractivity contribution in [3.05, 3.63) is 68.9 Å². The number of aromatic nitrogens is 5. The molecule has 0 saturated carbocycles. The molecule has 0 saturated heterocycles. The second kappa shape index (κ2) is 6.93. The molecule has 3 rings (SSSR count). The Morgan fingerprint density at radius 3 is 2.36 bits per heavy atom. The summed E-state index contributed by atoms with van der Waals surface area (Å²) < 4.78 is 79.8. The molecule has 0 N–H and O–H groups in total. The normalized spacial score (nSPS) is 12.4. The molecule has 0 bridgehead atoms. The first kappa shape index (κ1) is 19.9. The fourth-order valence-corrected chi connectivity index (χ4v) is 2.56. The van der Waals surface area contributed by atoms with E-state index in [-0.39, 0.29) is 10.8 Å². The highest BCUT2D eigenvalue weighted by molar-refractivity contribution is 6.30. The lowest BCUT2D eigenvalue weighted by atomic mass is 10.1. The van der Waals surface area contributed by atoms with E-state index in [1.807, 2.05) is 0 Å². The van der Waals surface area contributed by atoms with E-state index >= 15 is 0 Å². The molecule has 0 radical (unpaired) electrons. The fraction of sp³-hybridized carbons (Fsp3) is 0.200. The maximum atomic E-state index is 13.3. The van der Waals surface area contributed by atoms with Crippen molar-refractivity contribution >= 4 is 11.6 Å². The van der Waals surface area contributed by atoms with Gasteiger partial charge < -0.3 is 4.57 Å². The van der Waals surface area contributed by atoms with Crippen LogP contribution in [0.15, 0.2) is 41.3 Å². The van der Waals surface area contributed by atoms with Gasteiger partial charge in [-0.05, 0) is 34.7 Å². The van der Waals surface area contributed by atoms with E-state index in [0.717, 1.165) is 6.07 Å². The van der Waals surface area contributed by atoms with Gasteiger partial charge in [0.05, 0.1) is 23.4 Å². The molecule has 28 heavy (non-hydrogen) atoms. The van der Waals surface area contributed by atoms with Crippen LogP contribution in [-0.4, -0.2) is 24.8 Å². The first-order chi connectivity index (χ1) is 13.0. The second-order valence-electron chi connectivity index (χ2n) is 5.55. The van der Waals surface area contributed by atoms with Crippen molar-refractivity contribution in [3.63, 3.8) is 0 Å². The Balaban J connectivity index is 2.07. The Hall–Kier alpha value is -2.89. The molecular formula is C15H8ClF6N5O. The lowest BCUT2D eigenvalue weighted by Crippen LogP contribution is -2.24. The summed E-state index contributed by atoms with van der Waals surface area (Å²) in [4.78, 5) is 11.9. The molecule has 6 nitrogen and oxygen atoms in total. The van der Waals surface area contributed by atoms with Crippen LogP contribution in [0.3, 0.4) is 0 Å². The third-order valence-corrected chi connectivity index (χ3v) is 3.88. The molecule has 1 aromatic carbocycles. The number of hydrogen-bond acceptors (Lipinski definition) is 4. The van der Waals surface area contributed by atoms with Gasteiger partial charge in [-0.25, -0.2) is 0 Å². The number of pyridine rings is 1. The summed E-state index contributed by atoms with van der Waals surface area (Å²) in [6, 6.07) is 4.15. The van der Waals surface area contributed by atoms with E-state index in [4.69, 9.17) is 11.6 Å². The highest BCUT2D eigenvalue weighted by Gasteiger charge is 2.35. The first-order valence-electron chi connectivity index (χ1n) is 7.39. The topological polar surface area (TPSA) is 65.6 Å². The van der Waals surface area contributed by atoms with Crippen molar-refractivity contribution in [2.24, 2.45) is 0 Å². The van der Waals surface area contributed by atoms with Crippen molar-refractivity contribution in [2.45, 2.75) is 18.9 Å². The van der Waals surface area contributed by atoms with Crippen LogP contribution in [0.25, 0.3) is 5.69 Å². The van der Waals surface area contributed by atoms with Crippen molar-refractivity contribution in [2.75, 3.05) is 0 Å². The van der Waals surface area contributed by atoms with Crippen molar-refractivity contribution < 1.29 is 26.3 Å². The lowest BCUT2D eigenvalue weighted by molar-refractivity contribution is -0.138. The van der Waals surface area contributed by atoms with Gasteiger partial charge in [0, 0.05) is 17.3 Å². The minimum Gasteiger partial charge on any atom is -0.307 e. The molecule has 13 heteroatoms. The van der Waals surface area contributed by atoms with Gasteiger partial charge in [-0.2, -0.15) is 31.0 Å². The second-order valence-corrected chi connectivity index (χ2v) is 5.98. The Labute approximate surface area is 157 Å². The molecule has 2 heterocycles. The van der Waals surface area contributed by atoms with E-state index in [0.29, 0.717) is 33.6 Å². The zero-order valence-corrected chi connectivity index (χ0v) is 14.2. The fourth-order valence-electron chi connectivity index (χ4n) is 2.39. The summed E-state index contributed by atoms with van der Waals surface area (Å²) in [5.74, 6) is -0.283. The molecule has 0 aliphatic heterocycles. The Kier molecular flexibility index (Phi) is 4.91. The molecule has 0 aliphatic carbocycles. The maximum Gasteiger partial charge on any atom is 0.418 e. The molecule has 148 valence electrons. The molecule has 2 aromatic heterocycles. The monoisotopic (exact) mass is 423 g/mol. The minimum atomic E-state index is -4.80. The number of nitrogens with zero attached hydrogens (tertiary/aromatic N) is 5. The largest absolute Gasteiger partial charge is 0.418 e. The maximum absolute atomic E-state index is 13.3. The van der Waals surface area contributed by atoms with Gasteiger partial charge in [0.2, 0.25) is 0 Å². The summed E-state index contributed by atoms with van der Waals surface area (Å²) in [5, 5.41) is 10.1. The number of alkyl halides is 6. The Morgan fingerprint density at radius 1 is 1.00 bits per heavy atom. The highest BCUT2D eigenvalue weighted by atomic mass is 35.5. The van der Waals surface area contributed by atoms with E-state index in [2.05, 4.69) is 15.5 Å². The molecule has 0 fully saturated rings. The Bertz CT molecular complexity index is 1070. The SMILES string of the molecule is O=c1ccc(C(F)(F)F)cn1Cc1nnnn1-c1ccc(Cl)cc1C(F)(F)F. The highest BCUT2D eigenvalue weighted by Crippen LogP contribution is 2.35. The molecule has 3 aromatic rings. The number of hydrogen-bond donors (Lipinski definition) is 0. The van der Waals surface area contributed by atoms with Gasteiger partial charge in [-0.3, -0.25) is 4.79 Å². The summed E-state index contributed by atoms with van der Waals surface area (Å²) >= 11 is 5.62. The van der Waals surface area contributed by atoms with Gasteiger partial charge in [-0.1, -0.05) is 11.6 Å². The zero-order valence-electron chi connectivity index (χ0n) is 13.5. The van der Waals surface area contributed by atoms with Crippen LogP contribution >= 0.6 is 11.6 Å². The lowest BCUT2D eigenvalue weighted by Gasteiger charge is -2.14. The van der Waals surface area contributed by atoms with Crippen LogP contribution in [0, 0.1) is 0 Å². The van der Waals surface area contributed by atoms with Crippen LogP contribution in [0.4, 0.5) is 26.3 Å². The van der Waals surface area contributed by atoms with Crippen LogP contribution in [0.5, 0.6) is 0 Å². The number of rotatable bonds is 3. The molecule has 0 spiro atoms. The van der Waals surface area contributed by atoms with Crippen LogP contribution in [0.2, 0.25) is 5.02 Å². The predicted octanol–water partition coefficient (Wildman–Crippen LogP) is 3.56. The molecule has 0 aliphatic rings. The summed E-state index contributed by atoms with van der Waals surface area (Å²) in [7, 11) is 0. The van der Waals surface area contributed by atoms with Gasteiger partial charge in [0.15, 0.2) is 5.82 Å². The quantitative estimate of drug-likeness (QED) is 0.604. The number of halogens is 7. The van der Waals surface area contributed by atoms with E-state index < -0.39 is 41.3 Å². The van der Waals surface area contributed by atoms with E-state index in [1.54, 1.807) is 0 Å². The predicted molar refractivity (Wildman–Crippen MR) is 84.0 cm³/mol. The smallest absolute Gasteiger partial charge is 0.307 e. The summed E-state index contributed by atoms with van der Waals surface area (Å²) in [6.07, 6.45) is -8.97. The average molecular weight is 424 g/mol. The third kappa shape index (κ3) is 4.01. The molecule has 0 unspecified atom stereocenters. The number of tetrazole rings is 1. The van der Waals surface area contributed by atoms with Gasteiger partial charge in [0.1, 0.15) is 0 Å². The molecule has 0 amide bonds. The van der Waals surface area contributed by atoms with Crippen molar-refractivity contribution in [1.82, 2.24) is 24.8 Å². The summed E-state index contributed by atoms with van der Waals surface area (Å²) in [6.45, 7) is -0.588. The third-order valence-electron chi connectivity index (χ3n) is 3.65. The van der Waals surface area contributed by atoms with Crippen molar-refractivity contribution in [3.8, 4) is 5.69 Å². The standard InChI is InChI=1S/C15H8ClF6N5O/c16-9-2-3-11(10(5-9)15(20,21)22)27-12(23-24-25-27)7-26-6-8(14(17,18)19)1-4-13(26)28/h1-6H,7H2. The number of benzene rings is 1.